The van der Waals surface area contributed by atoms with Gasteiger partial charge in [-0.25, -0.2) is 12.8 Å². The fraction of sp³-hybridized carbons (Fsp3) is 0.571. The van der Waals surface area contributed by atoms with Crippen LogP contribution in [-0.2, 0) is 16.3 Å². The smallest absolute Gasteiger partial charge is 0.147 e. The molecule has 19 heavy (non-hydrogen) atoms. The predicted octanol–water partition coefficient (Wildman–Crippen LogP) is 2.03. The second-order valence-electron chi connectivity index (χ2n) is 4.89. The van der Waals surface area contributed by atoms with Crippen molar-refractivity contribution in [3.05, 3.63) is 35.6 Å². The summed E-state index contributed by atoms with van der Waals surface area (Å²) in [5, 5.41) is 3.21. The quantitative estimate of drug-likeness (QED) is 0.796. The molecule has 0 bridgehead atoms. The van der Waals surface area contributed by atoms with Gasteiger partial charge in [0.05, 0.1) is 5.75 Å². The van der Waals surface area contributed by atoms with Crippen molar-refractivity contribution in [1.29, 1.82) is 0 Å². The second-order valence-corrected chi connectivity index (χ2v) is 7.15. The normalized spacial score (nSPS) is 13.4. The van der Waals surface area contributed by atoms with Gasteiger partial charge in [-0.2, -0.15) is 0 Å². The first kappa shape index (κ1) is 16.1. The van der Waals surface area contributed by atoms with Crippen molar-refractivity contribution in [2.75, 3.05) is 25.1 Å². The van der Waals surface area contributed by atoms with E-state index < -0.39 is 9.84 Å². The zero-order chi connectivity index (χ0) is 14.3. The molecule has 5 heteroatoms. The van der Waals surface area contributed by atoms with Gasteiger partial charge in [-0.1, -0.05) is 25.1 Å². The van der Waals surface area contributed by atoms with Crippen molar-refractivity contribution in [2.24, 2.45) is 5.92 Å². The highest BCUT2D eigenvalue weighted by atomic mass is 32.2. The average Bonchev–Trinajstić information content (AvgIpc) is 2.34. The lowest BCUT2D eigenvalue weighted by molar-refractivity contribution is 0.456. The molecule has 0 fully saturated rings. The predicted molar refractivity (Wildman–Crippen MR) is 76.5 cm³/mol. The molecule has 0 aromatic heterocycles. The number of hydrogen-bond donors (Lipinski definition) is 1. The van der Waals surface area contributed by atoms with Gasteiger partial charge in [0.15, 0.2) is 0 Å². The van der Waals surface area contributed by atoms with Crippen LogP contribution in [0.4, 0.5) is 4.39 Å². The van der Waals surface area contributed by atoms with Gasteiger partial charge in [0, 0.05) is 6.26 Å². The maximum atomic E-state index is 13.6. The SMILES string of the molecule is CCNCC(CCS(C)(=O)=O)Cc1ccccc1F. The molecular formula is C14H22FNO2S. The van der Waals surface area contributed by atoms with E-state index >= 15 is 0 Å². The van der Waals surface area contributed by atoms with E-state index in [9.17, 15) is 12.8 Å². The van der Waals surface area contributed by atoms with Gasteiger partial charge in [-0.15, -0.1) is 0 Å². The van der Waals surface area contributed by atoms with Crippen LogP contribution in [-0.4, -0.2) is 33.5 Å². The van der Waals surface area contributed by atoms with E-state index in [1.807, 2.05) is 6.92 Å². The van der Waals surface area contributed by atoms with Crippen LogP contribution in [0.3, 0.4) is 0 Å². The molecule has 1 N–H and O–H groups in total. The molecule has 0 aliphatic carbocycles. The van der Waals surface area contributed by atoms with Gasteiger partial charge >= 0.3 is 0 Å². The molecule has 1 aromatic carbocycles. The minimum atomic E-state index is -2.97. The Labute approximate surface area is 115 Å². The lowest BCUT2D eigenvalue weighted by Gasteiger charge is -2.17. The lowest BCUT2D eigenvalue weighted by Crippen LogP contribution is -2.26. The highest BCUT2D eigenvalue weighted by Gasteiger charge is 2.14. The first-order chi connectivity index (χ1) is 8.92. The standard InChI is InChI=1S/C14H22FNO2S/c1-3-16-11-12(8-9-19(2,17)18)10-13-6-4-5-7-14(13)15/h4-7,12,16H,3,8-11H2,1-2H3. The maximum absolute atomic E-state index is 13.6. The van der Waals surface area contributed by atoms with E-state index in [0.717, 1.165) is 6.54 Å². The van der Waals surface area contributed by atoms with Crippen LogP contribution in [0.2, 0.25) is 0 Å². The second kappa shape index (κ2) is 7.60. The highest BCUT2D eigenvalue weighted by Crippen LogP contribution is 2.15. The summed E-state index contributed by atoms with van der Waals surface area (Å²) in [6.07, 6.45) is 2.36. The third-order valence-corrected chi connectivity index (χ3v) is 4.02. The van der Waals surface area contributed by atoms with E-state index in [-0.39, 0.29) is 17.5 Å². The third kappa shape index (κ3) is 6.68. The molecule has 0 heterocycles. The topological polar surface area (TPSA) is 46.2 Å². The number of halogens is 1. The van der Waals surface area contributed by atoms with E-state index in [2.05, 4.69) is 5.32 Å². The minimum absolute atomic E-state index is 0.131. The van der Waals surface area contributed by atoms with Crippen LogP contribution in [0.1, 0.15) is 18.9 Å². The summed E-state index contributed by atoms with van der Waals surface area (Å²) in [6, 6.07) is 6.67. The first-order valence-electron chi connectivity index (χ1n) is 6.54. The zero-order valence-corrected chi connectivity index (χ0v) is 12.3. The van der Waals surface area contributed by atoms with Crippen LogP contribution in [0, 0.1) is 11.7 Å². The van der Waals surface area contributed by atoms with E-state index in [0.29, 0.717) is 24.9 Å². The van der Waals surface area contributed by atoms with Crippen LogP contribution >= 0.6 is 0 Å². The summed E-state index contributed by atoms with van der Waals surface area (Å²) in [6.45, 7) is 3.53. The minimum Gasteiger partial charge on any atom is -0.317 e. The third-order valence-electron chi connectivity index (χ3n) is 3.05. The van der Waals surface area contributed by atoms with Crippen LogP contribution in [0.15, 0.2) is 24.3 Å². The van der Waals surface area contributed by atoms with Crippen molar-refractivity contribution < 1.29 is 12.8 Å². The number of benzene rings is 1. The van der Waals surface area contributed by atoms with E-state index in [4.69, 9.17) is 0 Å². The van der Waals surface area contributed by atoms with Gasteiger partial charge in [0.2, 0.25) is 0 Å². The van der Waals surface area contributed by atoms with Crippen molar-refractivity contribution in [1.82, 2.24) is 5.32 Å². The molecule has 1 aromatic rings. The average molecular weight is 287 g/mol. The molecule has 0 saturated carbocycles. The monoisotopic (exact) mass is 287 g/mol. The number of hydrogen-bond acceptors (Lipinski definition) is 3. The molecule has 108 valence electrons. The largest absolute Gasteiger partial charge is 0.317 e. The van der Waals surface area contributed by atoms with E-state index in [1.54, 1.807) is 18.2 Å². The summed E-state index contributed by atoms with van der Waals surface area (Å²) in [5.41, 5.74) is 0.652. The number of rotatable bonds is 8. The fourth-order valence-electron chi connectivity index (χ4n) is 1.98. The Morgan fingerprint density at radius 2 is 2.00 bits per heavy atom. The molecule has 1 rings (SSSR count). The Morgan fingerprint density at radius 3 is 2.58 bits per heavy atom. The van der Waals surface area contributed by atoms with Crippen molar-refractivity contribution >= 4 is 9.84 Å². The van der Waals surface area contributed by atoms with Gasteiger partial charge in [-0.3, -0.25) is 0 Å². The zero-order valence-electron chi connectivity index (χ0n) is 11.5. The fourth-order valence-corrected chi connectivity index (χ4v) is 2.74. The Balaban J connectivity index is 2.66. The Morgan fingerprint density at radius 1 is 1.32 bits per heavy atom. The van der Waals surface area contributed by atoms with Crippen molar-refractivity contribution in [3.63, 3.8) is 0 Å². The Bertz CT molecular complexity index is 488. The van der Waals surface area contributed by atoms with Gasteiger partial charge in [0.25, 0.3) is 0 Å². The van der Waals surface area contributed by atoms with Crippen molar-refractivity contribution in [2.45, 2.75) is 19.8 Å². The molecule has 0 radical (unpaired) electrons. The van der Waals surface area contributed by atoms with Crippen molar-refractivity contribution in [3.8, 4) is 0 Å². The molecule has 1 atom stereocenters. The summed E-state index contributed by atoms with van der Waals surface area (Å²) in [4.78, 5) is 0. The summed E-state index contributed by atoms with van der Waals surface area (Å²) in [5.74, 6) is 0.0623. The molecule has 0 saturated heterocycles. The maximum Gasteiger partial charge on any atom is 0.147 e. The molecule has 0 aliphatic rings. The van der Waals surface area contributed by atoms with Gasteiger partial charge in [-0.05, 0) is 43.5 Å². The highest BCUT2D eigenvalue weighted by molar-refractivity contribution is 7.90. The summed E-state index contributed by atoms with van der Waals surface area (Å²) >= 11 is 0. The first-order valence-corrected chi connectivity index (χ1v) is 8.60. The Hall–Kier alpha value is -0.940. The summed E-state index contributed by atoms with van der Waals surface area (Å²) < 4.78 is 36.1. The number of sulfone groups is 1. The molecule has 0 amide bonds. The van der Waals surface area contributed by atoms with E-state index in [1.165, 1.54) is 12.3 Å². The molecule has 3 nitrogen and oxygen atoms in total. The molecule has 1 unspecified atom stereocenters. The van der Waals surface area contributed by atoms with Gasteiger partial charge in [0.1, 0.15) is 15.7 Å². The Kier molecular flexibility index (Phi) is 6.45. The van der Waals surface area contributed by atoms with Crippen LogP contribution < -0.4 is 5.32 Å². The molecule has 0 aliphatic heterocycles. The van der Waals surface area contributed by atoms with Crippen LogP contribution in [0.25, 0.3) is 0 Å². The summed E-state index contributed by atoms with van der Waals surface area (Å²) in [7, 11) is -2.97. The van der Waals surface area contributed by atoms with Gasteiger partial charge < -0.3 is 5.32 Å². The molecular weight excluding hydrogens is 265 g/mol. The number of nitrogens with one attached hydrogen (secondary N) is 1. The van der Waals surface area contributed by atoms with Crippen LogP contribution in [0.5, 0.6) is 0 Å². The molecule has 0 spiro atoms. The lowest BCUT2D eigenvalue weighted by atomic mass is 9.96.